The first-order valence-corrected chi connectivity index (χ1v) is 6.36. The van der Waals surface area contributed by atoms with Crippen LogP contribution in [0.4, 0.5) is 0 Å². The third-order valence-electron chi connectivity index (χ3n) is 1.73. The number of aliphatic hydroxyl groups excluding tert-OH is 1. The van der Waals surface area contributed by atoms with Crippen LogP contribution in [0, 0.1) is 0 Å². The molecule has 0 radical (unpaired) electrons. The zero-order chi connectivity index (χ0) is 12.9. The Balaban J connectivity index is 2.65. The van der Waals surface area contributed by atoms with Crippen LogP contribution < -0.4 is 14.2 Å². The van der Waals surface area contributed by atoms with Crippen molar-refractivity contribution in [2.75, 3.05) is 13.7 Å². The number of phosphoric ester groups is 1. The van der Waals surface area contributed by atoms with Gasteiger partial charge in [0.25, 0.3) is 0 Å². The van der Waals surface area contributed by atoms with Crippen molar-refractivity contribution in [3.8, 4) is 11.5 Å². The van der Waals surface area contributed by atoms with Gasteiger partial charge in [-0.3, -0.25) is 4.57 Å². The number of aliphatic hydroxyl groups is 1. The zero-order valence-electron chi connectivity index (χ0n) is 9.53. The Hall–Kier alpha value is -1.07. The Kier molecular flexibility index (Phi) is 4.96. The lowest BCUT2D eigenvalue weighted by Crippen LogP contribution is -2.16. The first-order valence-electron chi connectivity index (χ1n) is 4.90. The maximum Gasteiger partial charge on any atom is 0.319 e. The molecule has 0 aliphatic heterocycles. The van der Waals surface area contributed by atoms with Crippen LogP contribution in [-0.2, 0) is 9.09 Å². The van der Waals surface area contributed by atoms with Gasteiger partial charge >= 0.3 is 7.82 Å². The molecule has 1 N–H and O–H groups in total. The number of ether oxygens (including phenoxy) is 1. The van der Waals surface area contributed by atoms with E-state index < -0.39 is 13.9 Å². The third kappa shape index (κ3) is 5.19. The van der Waals surface area contributed by atoms with E-state index in [2.05, 4.69) is 9.05 Å². The molecule has 7 heteroatoms. The number of rotatable bonds is 6. The fourth-order valence-corrected chi connectivity index (χ4v) is 1.84. The number of hydrogen-bond donors (Lipinski definition) is 1. The highest BCUT2D eigenvalue weighted by molar-refractivity contribution is 7.46. The van der Waals surface area contributed by atoms with Crippen molar-refractivity contribution in [3.05, 3.63) is 24.3 Å². The molecular formula is C10H14O6P-. The van der Waals surface area contributed by atoms with Crippen LogP contribution in [0.3, 0.4) is 0 Å². The first kappa shape index (κ1) is 14.0. The Morgan fingerprint density at radius 1 is 1.47 bits per heavy atom. The lowest BCUT2D eigenvalue weighted by atomic mass is 10.3. The Morgan fingerprint density at radius 3 is 2.71 bits per heavy atom. The molecule has 1 rings (SSSR count). The monoisotopic (exact) mass is 261 g/mol. The molecule has 1 aromatic carbocycles. The van der Waals surface area contributed by atoms with E-state index in [1.807, 2.05) is 0 Å². The van der Waals surface area contributed by atoms with E-state index in [4.69, 9.17) is 9.84 Å². The summed E-state index contributed by atoms with van der Waals surface area (Å²) in [6, 6.07) is 6.11. The molecule has 0 bridgehead atoms. The van der Waals surface area contributed by atoms with Gasteiger partial charge in [-0.15, -0.1) is 0 Å². The SMILES string of the molecule is COc1cccc(OP(=O)([O-])OCC(C)O)c1. The molecule has 2 atom stereocenters. The largest absolute Gasteiger partial charge is 0.746 e. The third-order valence-corrected chi connectivity index (χ3v) is 2.63. The lowest BCUT2D eigenvalue weighted by Gasteiger charge is -2.23. The summed E-state index contributed by atoms with van der Waals surface area (Å²) in [5, 5.41) is 8.90. The summed E-state index contributed by atoms with van der Waals surface area (Å²) >= 11 is 0. The van der Waals surface area contributed by atoms with Gasteiger partial charge in [-0.2, -0.15) is 0 Å². The maximum absolute atomic E-state index is 11.3. The van der Waals surface area contributed by atoms with Gasteiger partial charge in [-0.25, -0.2) is 0 Å². The van der Waals surface area contributed by atoms with Gasteiger partial charge in [-0.1, -0.05) is 6.07 Å². The van der Waals surface area contributed by atoms with Gasteiger partial charge in [-0.05, 0) is 19.1 Å². The Labute approximate surface area is 99.4 Å². The Morgan fingerprint density at radius 2 is 2.12 bits per heavy atom. The van der Waals surface area contributed by atoms with Gasteiger partial charge in [0.05, 0.1) is 19.8 Å². The van der Waals surface area contributed by atoms with Crippen LogP contribution in [0.1, 0.15) is 6.92 Å². The van der Waals surface area contributed by atoms with Crippen molar-refractivity contribution in [2.24, 2.45) is 0 Å². The smallest absolute Gasteiger partial charge is 0.319 e. The highest BCUT2D eigenvalue weighted by Crippen LogP contribution is 2.40. The molecule has 0 aromatic heterocycles. The Bertz CT molecular complexity index is 406. The highest BCUT2D eigenvalue weighted by Gasteiger charge is 2.13. The number of methoxy groups -OCH3 is 1. The van der Waals surface area contributed by atoms with Crippen LogP contribution in [0.25, 0.3) is 0 Å². The summed E-state index contributed by atoms with van der Waals surface area (Å²) in [6.45, 7) is 1.07. The van der Waals surface area contributed by atoms with Crippen LogP contribution in [0.2, 0.25) is 0 Å². The van der Waals surface area contributed by atoms with E-state index in [0.29, 0.717) is 5.75 Å². The fraction of sp³-hybridized carbons (Fsp3) is 0.400. The maximum atomic E-state index is 11.3. The van der Waals surface area contributed by atoms with Crippen molar-refractivity contribution in [3.63, 3.8) is 0 Å². The topological polar surface area (TPSA) is 88.1 Å². The van der Waals surface area contributed by atoms with Crippen LogP contribution >= 0.6 is 7.82 Å². The van der Waals surface area contributed by atoms with Crippen molar-refractivity contribution in [1.82, 2.24) is 0 Å². The minimum absolute atomic E-state index is 0.0910. The molecule has 0 aliphatic carbocycles. The van der Waals surface area contributed by atoms with E-state index >= 15 is 0 Å². The van der Waals surface area contributed by atoms with E-state index in [1.54, 1.807) is 12.1 Å². The van der Waals surface area contributed by atoms with Crippen LogP contribution in [-0.4, -0.2) is 24.9 Å². The van der Waals surface area contributed by atoms with Crippen molar-refractivity contribution in [2.45, 2.75) is 13.0 Å². The van der Waals surface area contributed by atoms with Crippen LogP contribution in [0.15, 0.2) is 24.3 Å². The zero-order valence-corrected chi connectivity index (χ0v) is 10.4. The molecule has 0 fully saturated rings. The first-order chi connectivity index (χ1) is 7.93. The summed E-state index contributed by atoms with van der Waals surface area (Å²) in [4.78, 5) is 11.3. The molecule has 2 unspecified atom stereocenters. The van der Waals surface area contributed by atoms with Gasteiger partial charge in [0.15, 0.2) is 0 Å². The molecule has 0 aliphatic rings. The molecule has 0 spiro atoms. The highest BCUT2D eigenvalue weighted by atomic mass is 31.2. The molecule has 0 saturated carbocycles. The van der Waals surface area contributed by atoms with Crippen molar-refractivity contribution in [1.29, 1.82) is 0 Å². The fourth-order valence-electron chi connectivity index (χ4n) is 1.01. The van der Waals surface area contributed by atoms with E-state index in [-0.39, 0.29) is 12.4 Å². The molecule has 6 nitrogen and oxygen atoms in total. The molecule has 1 aromatic rings. The molecule has 0 amide bonds. The molecule has 96 valence electrons. The summed E-state index contributed by atoms with van der Waals surface area (Å²) in [5.74, 6) is 0.561. The van der Waals surface area contributed by atoms with Crippen molar-refractivity contribution >= 4 is 7.82 Å². The second kappa shape index (κ2) is 6.02. The summed E-state index contributed by atoms with van der Waals surface area (Å²) in [5.41, 5.74) is 0. The van der Waals surface area contributed by atoms with E-state index in [0.717, 1.165) is 0 Å². The molecule has 17 heavy (non-hydrogen) atoms. The van der Waals surface area contributed by atoms with Crippen LogP contribution in [0.5, 0.6) is 11.5 Å². The van der Waals surface area contributed by atoms with Gasteiger partial charge in [0.2, 0.25) is 0 Å². The summed E-state index contributed by atoms with van der Waals surface area (Å²) in [7, 11) is -3.01. The lowest BCUT2D eigenvalue weighted by molar-refractivity contribution is -0.218. The van der Waals surface area contributed by atoms with E-state index in [1.165, 1.54) is 26.2 Å². The molecule has 0 saturated heterocycles. The number of hydrogen-bond acceptors (Lipinski definition) is 6. The van der Waals surface area contributed by atoms with E-state index in [9.17, 15) is 9.46 Å². The van der Waals surface area contributed by atoms with Gasteiger partial charge in [0, 0.05) is 6.07 Å². The van der Waals surface area contributed by atoms with Gasteiger partial charge < -0.3 is 23.8 Å². The quantitative estimate of drug-likeness (QED) is 0.767. The normalized spacial score (nSPS) is 16.0. The predicted octanol–water partition coefficient (Wildman–Crippen LogP) is 0.940. The summed E-state index contributed by atoms with van der Waals surface area (Å²) in [6.07, 6.45) is -0.883. The van der Waals surface area contributed by atoms with Crippen molar-refractivity contribution < 1.29 is 28.3 Å². The number of phosphoric acid groups is 1. The molecule has 0 heterocycles. The molecular weight excluding hydrogens is 247 g/mol. The minimum Gasteiger partial charge on any atom is -0.746 e. The average molecular weight is 261 g/mol. The standard InChI is InChI=1S/C10H15O6P/c1-8(11)7-15-17(12,13)16-10-5-3-4-9(6-10)14-2/h3-6,8,11H,7H2,1-2H3,(H,12,13)/p-1. The second-order valence-corrected chi connectivity index (χ2v) is 4.70. The minimum atomic E-state index is -4.46. The average Bonchev–Trinajstić information content (AvgIpc) is 2.26. The second-order valence-electron chi connectivity index (χ2n) is 3.36. The van der Waals surface area contributed by atoms with Gasteiger partial charge in [0.1, 0.15) is 11.5 Å². The predicted molar refractivity (Wildman–Crippen MR) is 58.9 cm³/mol. The number of benzene rings is 1. The summed E-state index contributed by atoms with van der Waals surface area (Å²) < 4.78 is 25.4.